The Labute approximate surface area is 195 Å². The first kappa shape index (κ1) is 22.6. The summed E-state index contributed by atoms with van der Waals surface area (Å²) in [6, 6.07) is 5.88. The number of fused-ring (bicyclic) bond motifs is 1. The number of carboxylic acid groups (broad SMARTS) is 1. The molecule has 32 heavy (non-hydrogen) atoms. The summed E-state index contributed by atoms with van der Waals surface area (Å²) in [6.45, 7) is 2.24. The number of thiazole rings is 1. The predicted octanol–water partition coefficient (Wildman–Crippen LogP) is 4.23. The molecule has 8 nitrogen and oxygen atoms in total. The number of hydrogen-bond donors (Lipinski definition) is 1. The van der Waals surface area contributed by atoms with E-state index in [0.29, 0.717) is 11.7 Å². The average molecular weight is 475 g/mol. The number of carboxylic acids is 1. The molecule has 0 unspecified atom stereocenters. The molecule has 4 rings (SSSR count). The zero-order chi connectivity index (χ0) is 22.8. The predicted molar refractivity (Wildman–Crippen MR) is 127 cm³/mol. The van der Waals surface area contributed by atoms with E-state index in [1.807, 2.05) is 23.1 Å². The van der Waals surface area contributed by atoms with Crippen LogP contribution in [0.3, 0.4) is 0 Å². The third-order valence-corrected chi connectivity index (χ3v) is 8.16. The average Bonchev–Trinajstić information content (AvgIpc) is 3.52. The molecule has 0 bridgehead atoms. The van der Waals surface area contributed by atoms with Crippen molar-refractivity contribution in [1.29, 1.82) is 0 Å². The summed E-state index contributed by atoms with van der Waals surface area (Å²) in [5.41, 5.74) is 2.80. The number of rotatable bonds is 6. The fraction of sp³-hybridized carbons (Fsp3) is 0.455. The van der Waals surface area contributed by atoms with Crippen molar-refractivity contribution in [1.82, 2.24) is 4.98 Å². The molecular formula is C22H26N4O4S2. The van der Waals surface area contributed by atoms with Gasteiger partial charge in [0, 0.05) is 37.9 Å². The van der Waals surface area contributed by atoms with Gasteiger partial charge in [0.15, 0.2) is 5.13 Å². The molecule has 170 valence electrons. The van der Waals surface area contributed by atoms with E-state index in [4.69, 9.17) is 5.11 Å². The molecule has 1 fully saturated rings. The minimum Gasteiger partial charge on any atom is -0.481 e. The highest BCUT2D eigenvalue weighted by atomic mass is 32.2. The van der Waals surface area contributed by atoms with E-state index in [0.717, 1.165) is 53.3 Å². The number of carbonyl (C=O) groups is 3. The van der Waals surface area contributed by atoms with Crippen LogP contribution in [0, 0.1) is 0 Å². The van der Waals surface area contributed by atoms with E-state index in [2.05, 4.69) is 4.98 Å². The topological polar surface area (TPSA) is 94.1 Å². The van der Waals surface area contributed by atoms with Gasteiger partial charge in [0.05, 0.1) is 16.2 Å². The fourth-order valence-corrected chi connectivity index (χ4v) is 5.97. The Bertz CT molecular complexity index is 1030. The minimum atomic E-state index is -0.891. The van der Waals surface area contributed by atoms with Crippen LogP contribution in [0.2, 0.25) is 0 Å². The van der Waals surface area contributed by atoms with Gasteiger partial charge in [-0.25, -0.2) is 9.78 Å². The van der Waals surface area contributed by atoms with Crippen molar-refractivity contribution in [3.8, 4) is 0 Å². The van der Waals surface area contributed by atoms with Crippen molar-refractivity contribution in [3.05, 3.63) is 30.0 Å². The number of aromatic nitrogens is 1. The number of urea groups is 1. The van der Waals surface area contributed by atoms with Crippen LogP contribution >= 0.6 is 23.1 Å². The Hall–Kier alpha value is -2.59. The number of thioether (sulfide) groups is 1. The molecule has 1 N–H and O–H groups in total. The van der Waals surface area contributed by atoms with Gasteiger partial charge < -0.3 is 10.0 Å². The molecule has 2 heterocycles. The molecule has 0 atom stereocenters. The van der Waals surface area contributed by atoms with Crippen LogP contribution in [-0.2, 0) is 16.0 Å². The van der Waals surface area contributed by atoms with Gasteiger partial charge in [0.1, 0.15) is 0 Å². The maximum Gasteiger partial charge on any atom is 0.330 e. The van der Waals surface area contributed by atoms with Crippen LogP contribution in [0.5, 0.6) is 0 Å². The smallest absolute Gasteiger partial charge is 0.330 e. The first-order valence-corrected chi connectivity index (χ1v) is 12.4. The molecular weight excluding hydrogens is 448 g/mol. The van der Waals surface area contributed by atoms with Crippen molar-refractivity contribution in [3.63, 3.8) is 0 Å². The lowest BCUT2D eigenvalue weighted by atomic mass is 10.1. The molecule has 2 aromatic rings. The van der Waals surface area contributed by atoms with Crippen molar-refractivity contribution in [2.45, 2.75) is 49.3 Å². The number of amides is 3. The van der Waals surface area contributed by atoms with Gasteiger partial charge in [-0.2, -0.15) is 0 Å². The lowest BCUT2D eigenvalue weighted by Gasteiger charge is -2.32. The van der Waals surface area contributed by atoms with E-state index in [1.54, 1.807) is 25.1 Å². The molecule has 1 saturated carbocycles. The number of anilines is 3. The van der Waals surface area contributed by atoms with Gasteiger partial charge in [-0.05, 0) is 37.0 Å². The monoisotopic (exact) mass is 474 g/mol. The molecule has 1 aliphatic carbocycles. The van der Waals surface area contributed by atoms with Gasteiger partial charge in [-0.3, -0.25) is 19.4 Å². The number of benzene rings is 1. The summed E-state index contributed by atoms with van der Waals surface area (Å²) in [7, 11) is 1.70. The molecule has 3 amide bonds. The zero-order valence-electron chi connectivity index (χ0n) is 18.1. The molecule has 1 aromatic carbocycles. The van der Waals surface area contributed by atoms with Gasteiger partial charge in [0.25, 0.3) is 0 Å². The molecule has 1 aromatic heterocycles. The summed E-state index contributed by atoms with van der Waals surface area (Å²) in [5, 5.41) is 9.41. The fourth-order valence-electron chi connectivity index (χ4n) is 4.33. The van der Waals surface area contributed by atoms with Crippen molar-refractivity contribution in [2.75, 3.05) is 34.0 Å². The van der Waals surface area contributed by atoms with E-state index in [9.17, 15) is 14.4 Å². The van der Waals surface area contributed by atoms with Gasteiger partial charge in [-0.1, -0.05) is 30.2 Å². The maximum absolute atomic E-state index is 13.7. The lowest BCUT2D eigenvalue weighted by molar-refractivity contribution is -0.133. The maximum atomic E-state index is 13.7. The standard InChI is InChI=1S/C22H26N4O4S2/c1-14(27)25-10-9-15-7-8-17(11-18(15)25)26(16-5-3-4-6-16)22(30)24(2)21-23-12-20(32-21)31-13-19(28)29/h7-8,11-12,16H,3-6,9-10,13H2,1-2H3,(H,28,29). The quantitative estimate of drug-likeness (QED) is 0.630. The second-order valence-electron chi connectivity index (χ2n) is 8.03. The van der Waals surface area contributed by atoms with Gasteiger partial charge >= 0.3 is 12.0 Å². The number of hydrogen-bond acceptors (Lipinski definition) is 6. The molecule has 0 spiro atoms. The van der Waals surface area contributed by atoms with E-state index < -0.39 is 5.97 Å². The Balaban J connectivity index is 1.61. The van der Waals surface area contributed by atoms with Crippen LogP contribution in [0.4, 0.5) is 21.3 Å². The number of carbonyl (C=O) groups excluding carboxylic acids is 2. The van der Waals surface area contributed by atoms with Crippen molar-refractivity contribution in [2.24, 2.45) is 0 Å². The van der Waals surface area contributed by atoms with Gasteiger partial charge in [-0.15, -0.1) is 11.8 Å². The minimum absolute atomic E-state index is 0.00550. The molecule has 0 radical (unpaired) electrons. The summed E-state index contributed by atoms with van der Waals surface area (Å²) >= 11 is 2.50. The highest BCUT2D eigenvalue weighted by Gasteiger charge is 2.33. The number of aliphatic carboxylic acids is 1. The van der Waals surface area contributed by atoms with Crippen LogP contribution in [0.1, 0.15) is 38.2 Å². The summed E-state index contributed by atoms with van der Waals surface area (Å²) in [4.78, 5) is 46.0. The molecule has 0 saturated heterocycles. The third kappa shape index (κ3) is 4.61. The highest BCUT2D eigenvalue weighted by molar-refractivity contribution is 8.01. The summed E-state index contributed by atoms with van der Waals surface area (Å²) in [5.74, 6) is -0.932. The summed E-state index contributed by atoms with van der Waals surface area (Å²) < 4.78 is 0.754. The zero-order valence-corrected chi connectivity index (χ0v) is 19.7. The van der Waals surface area contributed by atoms with Crippen molar-refractivity contribution < 1.29 is 19.5 Å². The second-order valence-corrected chi connectivity index (χ2v) is 10.3. The van der Waals surface area contributed by atoms with Gasteiger partial charge in [0.2, 0.25) is 5.91 Å². The van der Waals surface area contributed by atoms with Crippen LogP contribution in [0.15, 0.2) is 28.6 Å². The van der Waals surface area contributed by atoms with E-state index in [1.165, 1.54) is 28.0 Å². The Morgan fingerprint density at radius 3 is 2.72 bits per heavy atom. The first-order valence-electron chi connectivity index (χ1n) is 10.6. The largest absolute Gasteiger partial charge is 0.481 e. The van der Waals surface area contributed by atoms with Crippen LogP contribution in [0.25, 0.3) is 0 Å². The molecule has 1 aliphatic heterocycles. The lowest BCUT2D eigenvalue weighted by Crippen LogP contribution is -2.46. The van der Waals surface area contributed by atoms with E-state index in [-0.39, 0.29) is 23.7 Å². The Kier molecular flexibility index (Phi) is 6.71. The summed E-state index contributed by atoms with van der Waals surface area (Å²) in [6.07, 6.45) is 6.46. The molecule has 10 heteroatoms. The number of nitrogens with zero attached hydrogens (tertiary/aromatic N) is 4. The van der Waals surface area contributed by atoms with Crippen LogP contribution < -0.4 is 14.7 Å². The second kappa shape index (κ2) is 9.50. The van der Waals surface area contributed by atoms with Crippen molar-refractivity contribution >= 4 is 57.5 Å². The first-order chi connectivity index (χ1) is 15.3. The Morgan fingerprint density at radius 2 is 2.03 bits per heavy atom. The highest BCUT2D eigenvalue weighted by Crippen LogP contribution is 2.37. The Morgan fingerprint density at radius 1 is 1.28 bits per heavy atom. The van der Waals surface area contributed by atoms with Crippen LogP contribution in [-0.4, -0.2) is 53.4 Å². The van der Waals surface area contributed by atoms with E-state index >= 15 is 0 Å². The normalized spacial score (nSPS) is 15.6. The third-order valence-electron chi connectivity index (χ3n) is 5.90. The molecule has 2 aliphatic rings. The SMILES string of the molecule is CC(=O)N1CCc2ccc(N(C(=O)N(C)c3ncc(SCC(=O)O)s3)C3CCCC3)cc21.